The average Bonchev–Trinajstić information content (AvgIpc) is 2.43. The molecule has 0 N–H and O–H groups in total. The molecule has 1 aromatic carbocycles. The second-order valence-corrected chi connectivity index (χ2v) is 5.61. The number of Topliss-reactive ketones (excluding diaryl/α,β-unsaturated/α-hetero) is 1. The topological polar surface area (TPSA) is 17.1 Å². The molecule has 1 atom stereocenters. The van der Waals surface area contributed by atoms with Gasteiger partial charge in [-0.3, -0.25) is 4.79 Å². The van der Waals surface area contributed by atoms with Crippen molar-refractivity contribution in [3.8, 4) is 0 Å². The van der Waals surface area contributed by atoms with Gasteiger partial charge in [0.2, 0.25) is 0 Å². The largest absolute Gasteiger partial charge is 0.299 e. The van der Waals surface area contributed by atoms with Crippen molar-refractivity contribution in [3.63, 3.8) is 0 Å². The molecule has 0 aliphatic carbocycles. The second-order valence-electron chi connectivity index (χ2n) is 5.61. The van der Waals surface area contributed by atoms with E-state index in [9.17, 15) is 4.79 Å². The number of hydrogen-bond donors (Lipinski definition) is 0. The first-order valence-corrected chi connectivity index (χ1v) is 7.29. The molecule has 1 aromatic rings. The van der Waals surface area contributed by atoms with Crippen molar-refractivity contribution in [3.05, 3.63) is 42.0 Å². The summed E-state index contributed by atoms with van der Waals surface area (Å²) in [6, 6.07) is 8.32. The van der Waals surface area contributed by atoms with Crippen molar-refractivity contribution >= 4 is 11.4 Å². The zero-order valence-corrected chi connectivity index (χ0v) is 12.7. The van der Waals surface area contributed by atoms with Crippen LogP contribution in [0.3, 0.4) is 0 Å². The SMILES string of the molecule is C=C(CCCC)c1ccc(C(C)C(=O)C(C)C)cc1. The summed E-state index contributed by atoms with van der Waals surface area (Å²) >= 11 is 0. The number of carbonyl (C=O) groups excluding carboxylic acids is 1. The number of unbranched alkanes of at least 4 members (excludes halogenated alkanes) is 1. The summed E-state index contributed by atoms with van der Waals surface area (Å²) in [6.45, 7) is 12.2. The van der Waals surface area contributed by atoms with E-state index in [1.807, 2.05) is 20.8 Å². The zero-order chi connectivity index (χ0) is 14.4. The molecule has 0 aliphatic heterocycles. The number of rotatable bonds is 7. The standard InChI is InChI=1S/C18H26O/c1-6-7-8-14(4)16-9-11-17(12-10-16)15(5)18(19)13(2)3/h9-13,15H,4,6-8H2,1-3,5H3. The Labute approximate surface area is 117 Å². The van der Waals surface area contributed by atoms with Gasteiger partial charge in [-0.2, -0.15) is 0 Å². The Hall–Kier alpha value is -1.37. The number of hydrogen-bond acceptors (Lipinski definition) is 1. The minimum Gasteiger partial charge on any atom is -0.299 e. The van der Waals surface area contributed by atoms with Gasteiger partial charge in [0, 0.05) is 11.8 Å². The van der Waals surface area contributed by atoms with E-state index in [1.165, 1.54) is 24.0 Å². The van der Waals surface area contributed by atoms with Crippen LogP contribution < -0.4 is 0 Å². The van der Waals surface area contributed by atoms with Crippen molar-refractivity contribution in [2.24, 2.45) is 5.92 Å². The Balaban J connectivity index is 2.76. The zero-order valence-electron chi connectivity index (χ0n) is 12.7. The Morgan fingerprint density at radius 1 is 1.16 bits per heavy atom. The molecule has 0 heterocycles. The van der Waals surface area contributed by atoms with Gasteiger partial charge in [0.25, 0.3) is 0 Å². The first kappa shape index (κ1) is 15.7. The quantitative estimate of drug-likeness (QED) is 0.655. The molecule has 0 aliphatic rings. The molecule has 1 rings (SSSR count). The highest BCUT2D eigenvalue weighted by Gasteiger charge is 2.18. The Morgan fingerprint density at radius 2 is 1.74 bits per heavy atom. The van der Waals surface area contributed by atoms with Crippen LogP contribution in [0.2, 0.25) is 0 Å². The molecule has 0 aromatic heterocycles. The van der Waals surface area contributed by atoms with E-state index in [-0.39, 0.29) is 11.8 Å². The van der Waals surface area contributed by atoms with Crippen LogP contribution in [-0.4, -0.2) is 5.78 Å². The van der Waals surface area contributed by atoms with E-state index in [1.54, 1.807) is 0 Å². The van der Waals surface area contributed by atoms with E-state index in [4.69, 9.17) is 0 Å². The maximum absolute atomic E-state index is 12.0. The summed E-state index contributed by atoms with van der Waals surface area (Å²) < 4.78 is 0. The molecule has 1 unspecified atom stereocenters. The first-order chi connectivity index (χ1) is 8.97. The van der Waals surface area contributed by atoms with Gasteiger partial charge in [0.1, 0.15) is 5.78 Å². The monoisotopic (exact) mass is 258 g/mol. The van der Waals surface area contributed by atoms with E-state index in [0.717, 1.165) is 12.0 Å². The molecule has 0 saturated carbocycles. The normalized spacial score (nSPS) is 12.5. The molecule has 0 spiro atoms. The predicted molar refractivity (Wildman–Crippen MR) is 83.3 cm³/mol. The maximum Gasteiger partial charge on any atom is 0.142 e. The molecule has 1 heteroatoms. The fraction of sp³-hybridized carbons (Fsp3) is 0.500. The van der Waals surface area contributed by atoms with Crippen LogP contribution in [-0.2, 0) is 4.79 Å². The van der Waals surface area contributed by atoms with E-state index >= 15 is 0 Å². The molecule has 0 saturated heterocycles. The molecule has 104 valence electrons. The van der Waals surface area contributed by atoms with Crippen molar-refractivity contribution < 1.29 is 4.79 Å². The lowest BCUT2D eigenvalue weighted by atomic mass is 9.89. The summed E-state index contributed by atoms with van der Waals surface area (Å²) in [4.78, 5) is 12.0. The molecular formula is C18H26O. The van der Waals surface area contributed by atoms with Crippen molar-refractivity contribution in [2.75, 3.05) is 0 Å². The van der Waals surface area contributed by atoms with Gasteiger partial charge >= 0.3 is 0 Å². The molecule has 19 heavy (non-hydrogen) atoms. The van der Waals surface area contributed by atoms with Crippen LogP contribution in [0.15, 0.2) is 30.8 Å². The highest BCUT2D eigenvalue weighted by atomic mass is 16.1. The van der Waals surface area contributed by atoms with Crippen molar-refractivity contribution in [1.82, 2.24) is 0 Å². The number of ketones is 1. The summed E-state index contributed by atoms with van der Waals surface area (Å²) in [5.41, 5.74) is 3.49. The Kier molecular flexibility index (Phi) is 6.01. The Morgan fingerprint density at radius 3 is 2.21 bits per heavy atom. The van der Waals surface area contributed by atoms with Crippen LogP contribution in [0.1, 0.15) is 64.0 Å². The minimum absolute atomic E-state index is 0.0158. The lowest BCUT2D eigenvalue weighted by Gasteiger charge is -2.14. The van der Waals surface area contributed by atoms with Gasteiger partial charge in [0.15, 0.2) is 0 Å². The molecule has 0 radical (unpaired) electrons. The van der Waals surface area contributed by atoms with Crippen LogP contribution in [0.4, 0.5) is 0 Å². The van der Waals surface area contributed by atoms with Gasteiger partial charge in [-0.05, 0) is 29.5 Å². The van der Waals surface area contributed by atoms with Gasteiger partial charge in [-0.1, -0.05) is 65.0 Å². The van der Waals surface area contributed by atoms with E-state index in [0.29, 0.717) is 5.78 Å². The predicted octanol–water partition coefficient (Wildman–Crippen LogP) is 5.22. The van der Waals surface area contributed by atoms with Crippen LogP contribution >= 0.6 is 0 Å². The smallest absolute Gasteiger partial charge is 0.142 e. The van der Waals surface area contributed by atoms with Crippen molar-refractivity contribution in [2.45, 2.75) is 52.9 Å². The lowest BCUT2D eigenvalue weighted by molar-refractivity contribution is -0.123. The fourth-order valence-corrected chi connectivity index (χ4v) is 2.21. The maximum atomic E-state index is 12.0. The van der Waals surface area contributed by atoms with Crippen LogP contribution in [0.5, 0.6) is 0 Å². The van der Waals surface area contributed by atoms with Gasteiger partial charge < -0.3 is 0 Å². The third-order valence-electron chi connectivity index (χ3n) is 3.65. The minimum atomic E-state index is -0.0158. The third-order valence-corrected chi connectivity index (χ3v) is 3.65. The van der Waals surface area contributed by atoms with E-state index in [2.05, 4.69) is 37.8 Å². The summed E-state index contributed by atoms with van der Waals surface area (Å²) in [5.74, 6) is 0.379. The lowest BCUT2D eigenvalue weighted by Crippen LogP contribution is -2.15. The summed E-state index contributed by atoms with van der Waals surface area (Å²) in [6.07, 6.45) is 3.43. The number of allylic oxidation sites excluding steroid dienone is 1. The van der Waals surface area contributed by atoms with Crippen LogP contribution in [0, 0.1) is 5.92 Å². The number of carbonyl (C=O) groups is 1. The highest BCUT2D eigenvalue weighted by Crippen LogP contribution is 2.24. The van der Waals surface area contributed by atoms with Gasteiger partial charge in [-0.25, -0.2) is 0 Å². The molecule has 0 bridgehead atoms. The average molecular weight is 258 g/mol. The van der Waals surface area contributed by atoms with E-state index < -0.39 is 0 Å². The van der Waals surface area contributed by atoms with Crippen molar-refractivity contribution in [1.29, 1.82) is 0 Å². The Bertz CT molecular complexity index is 426. The highest BCUT2D eigenvalue weighted by molar-refractivity contribution is 5.87. The third kappa shape index (κ3) is 4.34. The molecule has 0 fully saturated rings. The first-order valence-electron chi connectivity index (χ1n) is 7.29. The van der Waals surface area contributed by atoms with Gasteiger partial charge in [-0.15, -0.1) is 0 Å². The molecular weight excluding hydrogens is 232 g/mol. The fourth-order valence-electron chi connectivity index (χ4n) is 2.21. The second kappa shape index (κ2) is 7.28. The summed E-state index contributed by atoms with van der Waals surface area (Å²) in [5, 5.41) is 0. The summed E-state index contributed by atoms with van der Waals surface area (Å²) in [7, 11) is 0. The number of benzene rings is 1. The molecule has 1 nitrogen and oxygen atoms in total. The van der Waals surface area contributed by atoms with Crippen LogP contribution in [0.25, 0.3) is 5.57 Å². The molecule has 0 amide bonds. The van der Waals surface area contributed by atoms with Gasteiger partial charge in [0.05, 0.1) is 0 Å².